The minimum Gasteiger partial charge on any atom is -0.293 e. The summed E-state index contributed by atoms with van der Waals surface area (Å²) in [6.07, 6.45) is 0.646. The maximum atomic E-state index is 12.7. The summed E-state index contributed by atoms with van der Waals surface area (Å²) in [6.45, 7) is 2.10. The molecule has 3 aromatic rings. The number of ketones is 1. The van der Waals surface area contributed by atoms with Crippen molar-refractivity contribution in [3.63, 3.8) is 0 Å². The van der Waals surface area contributed by atoms with Crippen molar-refractivity contribution in [3.05, 3.63) is 71.8 Å². The summed E-state index contributed by atoms with van der Waals surface area (Å²) in [5, 5.41) is 2.35. The van der Waals surface area contributed by atoms with Gasteiger partial charge in [-0.15, -0.1) is 11.8 Å². The molecule has 0 saturated carbocycles. The number of Topliss-reactive ketones (excluding diaryl/α,β-unsaturated/α-hetero) is 1. The van der Waals surface area contributed by atoms with Crippen molar-refractivity contribution in [1.29, 1.82) is 0 Å². The van der Waals surface area contributed by atoms with E-state index in [9.17, 15) is 13.2 Å². The molecule has 0 N–H and O–H groups in total. The summed E-state index contributed by atoms with van der Waals surface area (Å²) in [6, 6.07) is 19.7. The zero-order valence-electron chi connectivity index (χ0n) is 15.6. The Morgan fingerprint density at radius 2 is 1.82 bits per heavy atom. The summed E-state index contributed by atoms with van der Waals surface area (Å²) in [5.74, 6) is 0.488. The Morgan fingerprint density at radius 1 is 1.04 bits per heavy atom. The van der Waals surface area contributed by atoms with E-state index in [-0.39, 0.29) is 11.5 Å². The Labute approximate surface area is 169 Å². The number of hydrogen-bond donors (Lipinski definition) is 0. The second-order valence-corrected chi connectivity index (χ2v) is 10.0. The lowest BCUT2D eigenvalue weighted by molar-refractivity contribution is 0.102. The van der Waals surface area contributed by atoms with Crippen molar-refractivity contribution in [2.45, 2.75) is 18.2 Å². The molecule has 1 aliphatic heterocycles. The van der Waals surface area contributed by atoms with Crippen LogP contribution in [0.2, 0.25) is 0 Å². The van der Waals surface area contributed by atoms with Crippen LogP contribution in [0.4, 0.5) is 5.69 Å². The molecule has 0 spiro atoms. The number of sulfonamides is 1. The molecule has 28 heavy (non-hydrogen) atoms. The van der Waals surface area contributed by atoms with E-state index in [4.69, 9.17) is 0 Å². The van der Waals surface area contributed by atoms with Crippen molar-refractivity contribution >= 4 is 44.0 Å². The lowest BCUT2D eigenvalue weighted by Crippen LogP contribution is -2.30. The van der Waals surface area contributed by atoms with Gasteiger partial charge in [-0.3, -0.25) is 9.10 Å². The lowest BCUT2D eigenvalue weighted by atomic mass is 10.1. The van der Waals surface area contributed by atoms with Crippen LogP contribution in [0.15, 0.2) is 65.6 Å². The van der Waals surface area contributed by atoms with Crippen LogP contribution in [0.3, 0.4) is 0 Å². The lowest BCUT2D eigenvalue weighted by Gasteiger charge is -2.18. The Kier molecular flexibility index (Phi) is 5.17. The Balaban J connectivity index is 1.48. The Morgan fingerprint density at radius 3 is 2.61 bits per heavy atom. The molecular formula is C22H21NO3S2. The van der Waals surface area contributed by atoms with Crippen LogP contribution in [0, 0.1) is 0 Å². The normalized spacial score (nSPS) is 13.7. The first-order chi connectivity index (χ1) is 13.5. The Bertz CT molecular complexity index is 1160. The highest BCUT2D eigenvalue weighted by molar-refractivity contribution is 8.00. The molecule has 3 aromatic carbocycles. The van der Waals surface area contributed by atoms with Gasteiger partial charge in [0.2, 0.25) is 10.0 Å². The largest absolute Gasteiger partial charge is 0.293 e. The van der Waals surface area contributed by atoms with Gasteiger partial charge in [0.25, 0.3) is 0 Å². The molecule has 0 aromatic heterocycles. The number of hydrogen-bond acceptors (Lipinski definition) is 4. The minimum atomic E-state index is -3.26. The maximum Gasteiger partial charge on any atom is 0.234 e. The van der Waals surface area contributed by atoms with Gasteiger partial charge < -0.3 is 0 Å². The van der Waals surface area contributed by atoms with E-state index in [0.717, 1.165) is 15.8 Å². The van der Waals surface area contributed by atoms with E-state index in [0.29, 0.717) is 30.0 Å². The van der Waals surface area contributed by atoms with Gasteiger partial charge in [0.1, 0.15) is 0 Å². The van der Waals surface area contributed by atoms with E-state index >= 15 is 0 Å². The summed E-state index contributed by atoms with van der Waals surface area (Å²) >= 11 is 1.52. The fourth-order valence-electron chi connectivity index (χ4n) is 3.48. The molecule has 0 radical (unpaired) electrons. The van der Waals surface area contributed by atoms with Crippen LogP contribution in [-0.2, 0) is 16.4 Å². The van der Waals surface area contributed by atoms with Gasteiger partial charge in [-0.25, -0.2) is 8.42 Å². The molecule has 0 unspecified atom stereocenters. The van der Waals surface area contributed by atoms with Gasteiger partial charge in [0, 0.05) is 17.0 Å². The van der Waals surface area contributed by atoms with Crippen molar-refractivity contribution in [3.8, 4) is 0 Å². The monoisotopic (exact) mass is 411 g/mol. The van der Waals surface area contributed by atoms with Gasteiger partial charge in [0.15, 0.2) is 5.78 Å². The number of benzene rings is 3. The number of thioether (sulfide) groups is 1. The van der Waals surface area contributed by atoms with E-state index in [2.05, 4.69) is 24.3 Å². The van der Waals surface area contributed by atoms with E-state index in [1.54, 1.807) is 19.1 Å². The summed E-state index contributed by atoms with van der Waals surface area (Å²) in [7, 11) is -3.26. The molecule has 144 valence electrons. The van der Waals surface area contributed by atoms with Crippen molar-refractivity contribution < 1.29 is 13.2 Å². The SMILES string of the molecule is CCS(=O)(=O)N1CCc2cc(C(=O)CSc3ccc4ccccc4c3)ccc21. The maximum absolute atomic E-state index is 12.7. The number of rotatable bonds is 6. The molecule has 1 aliphatic rings. The average Bonchev–Trinajstić information content (AvgIpc) is 3.16. The number of anilines is 1. The number of nitrogens with zero attached hydrogens (tertiary/aromatic N) is 1. The Hall–Kier alpha value is -2.31. The summed E-state index contributed by atoms with van der Waals surface area (Å²) in [4.78, 5) is 13.7. The summed E-state index contributed by atoms with van der Waals surface area (Å²) in [5.41, 5.74) is 2.28. The predicted octanol–water partition coefficient (Wildman–Crippen LogP) is 4.53. The quantitative estimate of drug-likeness (QED) is 0.442. The van der Waals surface area contributed by atoms with Crippen molar-refractivity contribution in [2.75, 3.05) is 22.4 Å². The van der Waals surface area contributed by atoms with Gasteiger partial charge in [0.05, 0.1) is 17.2 Å². The molecule has 0 amide bonds. The van der Waals surface area contributed by atoms with E-state index < -0.39 is 10.0 Å². The third kappa shape index (κ3) is 3.66. The molecule has 4 rings (SSSR count). The molecule has 0 atom stereocenters. The molecule has 0 saturated heterocycles. The number of carbonyl (C=O) groups is 1. The first-order valence-electron chi connectivity index (χ1n) is 9.26. The molecule has 0 bridgehead atoms. The van der Waals surface area contributed by atoms with Gasteiger partial charge in [-0.1, -0.05) is 30.3 Å². The second kappa shape index (κ2) is 7.60. The molecule has 6 heteroatoms. The van der Waals surface area contributed by atoms with E-state index in [1.807, 2.05) is 24.3 Å². The van der Waals surface area contributed by atoms with Crippen LogP contribution in [-0.4, -0.2) is 32.3 Å². The van der Waals surface area contributed by atoms with Gasteiger partial charge >= 0.3 is 0 Å². The van der Waals surface area contributed by atoms with Crippen LogP contribution < -0.4 is 4.31 Å². The molecule has 4 nitrogen and oxygen atoms in total. The van der Waals surface area contributed by atoms with Crippen molar-refractivity contribution in [1.82, 2.24) is 0 Å². The van der Waals surface area contributed by atoms with Crippen molar-refractivity contribution in [2.24, 2.45) is 0 Å². The zero-order valence-corrected chi connectivity index (χ0v) is 17.2. The first-order valence-corrected chi connectivity index (χ1v) is 11.9. The topological polar surface area (TPSA) is 54.5 Å². The summed E-state index contributed by atoms with van der Waals surface area (Å²) < 4.78 is 25.8. The minimum absolute atomic E-state index is 0.0535. The second-order valence-electron chi connectivity index (χ2n) is 6.79. The average molecular weight is 412 g/mol. The fourth-order valence-corrected chi connectivity index (χ4v) is 5.48. The third-order valence-corrected chi connectivity index (χ3v) is 7.82. The van der Waals surface area contributed by atoms with Crippen LogP contribution in [0.25, 0.3) is 10.8 Å². The smallest absolute Gasteiger partial charge is 0.234 e. The van der Waals surface area contributed by atoms with Crippen LogP contribution >= 0.6 is 11.8 Å². The highest BCUT2D eigenvalue weighted by Gasteiger charge is 2.28. The van der Waals surface area contributed by atoms with Gasteiger partial charge in [-0.2, -0.15) is 0 Å². The molecular weight excluding hydrogens is 390 g/mol. The standard InChI is InChI=1S/C22H21NO3S2/c1-2-28(25,26)23-12-11-18-13-19(8-10-21(18)23)22(24)15-27-20-9-7-16-5-3-4-6-17(16)14-20/h3-10,13-14H,2,11-12,15H2,1H3. The van der Waals surface area contributed by atoms with E-state index in [1.165, 1.54) is 21.5 Å². The number of carbonyl (C=O) groups excluding carboxylic acids is 1. The fraction of sp³-hybridized carbons (Fsp3) is 0.227. The van der Waals surface area contributed by atoms with Crippen LogP contribution in [0.1, 0.15) is 22.8 Å². The van der Waals surface area contributed by atoms with Gasteiger partial charge in [-0.05, 0) is 60.0 Å². The highest BCUT2D eigenvalue weighted by Crippen LogP contribution is 2.32. The molecule has 0 aliphatic carbocycles. The first kappa shape index (κ1) is 19.0. The zero-order chi connectivity index (χ0) is 19.7. The highest BCUT2D eigenvalue weighted by atomic mass is 32.2. The van der Waals surface area contributed by atoms with Crippen LogP contribution in [0.5, 0.6) is 0 Å². The predicted molar refractivity (Wildman–Crippen MR) is 116 cm³/mol. The number of fused-ring (bicyclic) bond motifs is 2. The molecule has 0 fully saturated rings. The third-order valence-electron chi connectivity index (χ3n) is 5.05. The molecule has 1 heterocycles.